The Kier molecular flexibility index (Phi) is 6.10. The van der Waals surface area contributed by atoms with Crippen LogP contribution >= 0.6 is 23.4 Å². The van der Waals surface area contributed by atoms with Crippen molar-refractivity contribution in [3.8, 4) is 17.2 Å². The monoisotopic (exact) mass is 461 g/mol. The van der Waals surface area contributed by atoms with Gasteiger partial charge in [0.05, 0.1) is 18.6 Å². The van der Waals surface area contributed by atoms with Crippen molar-refractivity contribution in [3.05, 3.63) is 52.8 Å². The molecule has 0 unspecified atom stereocenters. The van der Waals surface area contributed by atoms with Gasteiger partial charge in [-0.05, 0) is 30.7 Å². The number of thioether (sulfide) groups is 1. The van der Waals surface area contributed by atoms with Crippen LogP contribution in [0.5, 0.6) is 17.2 Å². The molecule has 31 heavy (non-hydrogen) atoms. The predicted octanol–water partition coefficient (Wildman–Crippen LogP) is 3.21. The number of nitrogens with zero attached hydrogens (tertiary/aromatic N) is 3. The molecule has 1 amide bonds. The van der Waals surface area contributed by atoms with Crippen LogP contribution in [0.3, 0.4) is 0 Å². The molecular formula is C20H20ClN5O4S. The van der Waals surface area contributed by atoms with Gasteiger partial charge >= 0.3 is 0 Å². The number of halogens is 1. The quantitative estimate of drug-likeness (QED) is 0.425. The third-order valence-electron chi connectivity index (χ3n) is 4.57. The topological polar surface area (TPSA) is 114 Å². The lowest BCUT2D eigenvalue weighted by atomic mass is 10.2. The number of para-hydroxylation sites is 2. The number of benzene rings is 2. The first-order chi connectivity index (χ1) is 15.0. The third kappa shape index (κ3) is 4.49. The number of carbonyl (C=O) groups is 1. The number of carbonyl (C=O) groups excluding carboxylic acids is 1. The average molecular weight is 462 g/mol. The van der Waals surface area contributed by atoms with Crippen LogP contribution in [0.1, 0.15) is 17.5 Å². The van der Waals surface area contributed by atoms with Crippen molar-refractivity contribution in [1.82, 2.24) is 14.9 Å². The standard InChI is InChI=1S/C20H20ClN5O4S/c1-11-7-13(16(28-2)8-12(11)21)23-18(27)10-31-20-25-24-19(26(20)22)17-9-29-14-5-3-4-6-15(14)30-17/h3-8,17H,9-10,22H2,1-2H3,(H,23,27)/t17-/m1/s1. The maximum atomic E-state index is 12.4. The van der Waals surface area contributed by atoms with Gasteiger partial charge in [-0.25, -0.2) is 4.68 Å². The number of ether oxygens (including phenoxy) is 3. The van der Waals surface area contributed by atoms with Gasteiger partial charge in [-0.15, -0.1) is 10.2 Å². The Morgan fingerprint density at radius 1 is 1.35 bits per heavy atom. The van der Waals surface area contributed by atoms with E-state index >= 15 is 0 Å². The molecule has 9 nitrogen and oxygen atoms in total. The van der Waals surface area contributed by atoms with E-state index in [9.17, 15) is 4.79 Å². The molecule has 1 aliphatic heterocycles. The number of anilines is 1. The van der Waals surface area contributed by atoms with E-state index in [1.165, 1.54) is 11.8 Å². The Morgan fingerprint density at radius 2 is 2.13 bits per heavy atom. The van der Waals surface area contributed by atoms with Gasteiger partial charge in [-0.2, -0.15) is 0 Å². The largest absolute Gasteiger partial charge is 0.495 e. The Labute approximate surface area is 187 Å². The predicted molar refractivity (Wildman–Crippen MR) is 118 cm³/mol. The van der Waals surface area contributed by atoms with Crippen LogP contribution in [0.15, 0.2) is 41.6 Å². The van der Waals surface area contributed by atoms with Crippen molar-refractivity contribution >= 4 is 35.0 Å². The number of hydrogen-bond acceptors (Lipinski definition) is 8. The van der Waals surface area contributed by atoms with Gasteiger partial charge in [-0.3, -0.25) is 4.79 Å². The molecule has 1 aromatic heterocycles. The molecule has 0 aliphatic carbocycles. The second kappa shape index (κ2) is 8.94. The molecule has 2 aromatic carbocycles. The van der Waals surface area contributed by atoms with Gasteiger partial charge in [0.25, 0.3) is 0 Å². The molecule has 0 bridgehead atoms. The zero-order chi connectivity index (χ0) is 22.0. The number of fused-ring (bicyclic) bond motifs is 1. The van der Waals surface area contributed by atoms with Crippen molar-refractivity contribution in [1.29, 1.82) is 0 Å². The maximum Gasteiger partial charge on any atom is 0.234 e. The summed E-state index contributed by atoms with van der Waals surface area (Å²) in [5.74, 6) is 8.14. The molecule has 3 N–H and O–H groups in total. The lowest BCUT2D eigenvalue weighted by Crippen LogP contribution is -2.27. The number of amides is 1. The highest BCUT2D eigenvalue weighted by Gasteiger charge is 2.28. The Morgan fingerprint density at radius 3 is 2.90 bits per heavy atom. The second-order valence-corrected chi connectivity index (χ2v) is 8.06. The maximum absolute atomic E-state index is 12.4. The summed E-state index contributed by atoms with van der Waals surface area (Å²) in [6.45, 7) is 2.10. The molecule has 3 aromatic rings. The summed E-state index contributed by atoms with van der Waals surface area (Å²) in [5.41, 5.74) is 1.37. The van der Waals surface area contributed by atoms with Crippen molar-refractivity contribution < 1.29 is 19.0 Å². The average Bonchev–Trinajstić information content (AvgIpc) is 3.14. The fourth-order valence-corrected chi connectivity index (χ4v) is 3.82. The van der Waals surface area contributed by atoms with Crippen molar-refractivity contribution in [2.75, 3.05) is 30.6 Å². The Bertz CT molecular complexity index is 1120. The van der Waals surface area contributed by atoms with Crippen LogP contribution < -0.4 is 25.4 Å². The summed E-state index contributed by atoms with van der Waals surface area (Å²) in [6, 6.07) is 10.8. The molecule has 0 saturated carbocycles. The highest BCUT2D eigenvalue weighted by Crippen LogP contribution is 2.36. The number of aromatic nitrogens is 3. The lowest BCUT2D eigenvalue weighted by Gasteiger charge is -2.25. The van der Waals surface area contributed by atoms with Gasteiger partial charge < -0.3 is 25.4 Å². The lowest BCUT2D eigenvalue weighted by molar-refractivity contribution is -0.113. The van der Waals surface area contributed by atoms with Gasteiger partial charge in [0.2, 0.25) is 11.1 Å². The van der Waals surface area contributed by atoms with Crippen LogP contribution in [0.4, 0.5) is 5.69 Å². The first-order valence-electron chi connectivity index (χ1n) is 9.32. The molecule has 0 spiro atoms. The summed E-state index contributed by atoms with van der Waals surface area (Å²) >= 11 is 7.26. The van der Waals surface area contributed by atoms with E-state index in [1.54, 1.807) is 12.1 Å². The SMILES string of the molecule is COc1cc(Cl)c(C)cc1NC(=O)CSc1nnc([C@H]2COc3ccccc3O2)n1N. The fraction of sp³-hybridized carbons (Fsp3) is 0.250. The number of nitrogens with two attached hydrogens (primary N) is 1. The van der Waals surface area contributed by atoms with Gasteiger partial charge in [0.15, 0.2) is 23.4 Å². The molecular weight excluding hydrogens is 442 g/mol. The van der Waals surface area contributed by atoms with Crippen LogP contribution in [0.2, 0.25) is 5.02 Å². The number of rotatable bonds is 6. The number of methoxy groups -OCH3 is 1. The van der Waals surface area contributed by atoms with E-state index in [-0.39, 0.29) is 18.3 Å². The molecule has 0 radical (unpaired) electrons. The molecule has 1 atom stereocenters. The van der Waals surface area contributed by atoms with Crippen molar-refractivity contribution in [2.45, 2.75) is 18.2 Å². The molecule has 1 aliphatic rings. The molecule has 0 fully saturated rings. The smallest absolute Gasteiger partial charge is 0.234 e. The molecule has 11 heteroatoms. The van der Waals surface area contributed by atoms with Gasteiger partial charge in [0.1, 0.15) is 12.4 Å². The molecule has 162 valence electrons. The minimum absolute atomic E-state index is 0.0744. The minimum Gasteiger partial charge on any atom is -0.495 e. The highest BCUT2D eigenvalue weighted by atomic mass is 35.5. The summed E-state index contributed by atoms with van der Waals surface area (Å²) in [7, 11) is 1.51. The molecule has 0 saturated heterocycles. The van der Waals surface area contributed by atoms with Crippen LogP contribution in [0, 0.1) is 6.92 Å². The van der Waals surface area contributed by atoms with Gasteiger partial charge in [0, 0.05) is 11.1 Å². The fourth-order valence-electron chi connectivity index (χ4n) is 3.00. The normalized spacial score (nSPS) is 14.9. The number of nitrogen functional groups attached to an aromatic ring is 1. The van der Waals surface area contributed by atoms with Crippen LogP contribution in [0.25, 0.3) is 0 Å². The van der Waals surface area contributed by atoms with Crippen molar-refractivity contribution in [3.63, 3.8) is 0 Å². The van der Waals surface area contributed by atoms with Crippen LogP contribution in [-0.2, 0) is 4.79 Å². The van der Waals surface area contributed by atoms with E-state index in [1.807, 2.05) is 31.2 Å². The molecule has 4 rings (SSSR count). The Balaban J connectivity index is 1.40. The third-order valence-corrected chi connectivity index (χ3v) is 5.92. The first-order valence-corrected chi connectivity index (χ1v) is 10.7. The number of nitrogens with one attached hydrogen (secondary N) is 1. The van der Waals surface area contributed by atoms with E-state index in [2.05, 4.69) is 15.5 Å². The summed E-state index contributed by atoms with van der Waals surface area (Å²) in [5, 5.41) is 12.0. The number of aryl methyl sites for hydroxylation is 1. The second-order valence-electron chi connectivity index (χ2n) is 6.71. The van der Waals surface area contributed by atoms with E-state index in [4.69, 9.17) is 31.7 Å². The van der Waals surface area contributed by atoms with E-state index < -0.39 is 6.10 Å². The number of hydrogen-bond donors (Lipinski definition) is 2. The first kappa shape index (κ1) is 21.1. The summed E-state index contributed by atoms with van der Waals surface area (Å²) in [4.78, 5) is 12.4. The van der Waals surface area contributed by atoms with Gasteiger partial charge in [-0.1, -0.05) is 35.5 Å². The highest BCUT2D eigenvalue weighted by molar-refractivity contribution is 7.99. The van der Waals surface area contributed by atoms with E-state index in [0.29, 0.717) is 38.9 Å². The van der Waals surface area contributed by atoms with E-state index in [0.717, 1.165) is 17.3 Å². The molecule has 2 heterocycles. The minimum atomic E-state index is -0.503. The van der Waals surface area contributed by atoms with Crippen molar-refractivity contribution in [2.24, 2.45) is 0 Å². The Hall–Kier alpha value is -3.11. The summed E-state index contributed by atoms with van der Waals surface area (Å²) in [6.07, 6.45) is -0.503. The zero-order valence-electron chi connectivity index (χ0n) is 16.8. The summed E-state index contributed by atoms with van der Waals surface area (Å²) < 4.78 is 18.2. The van der Waals surface area contributed by atoms with Crippen LogP contribution in [-0.4, -0.2) is 40.3 Å². The zero-order valence-corrected chi connectivity index (χ0v) is 18.4.